The van der Waals surface area contributed by atoms with Crippen LogP contribution in [-0.2, 0) is 4.74 Å². The number of nitrogens with two attached hydrogens (primary N) is 1. The largest absolute Gasteiger partial charge is 0.462 e. The third-order valence-corrected chi connectivity index (χ3v) is 3.29. The second-order valence-electron chi connectivity index (χ2n) is 4.03. The average molecular weight is 383 g/mol. The molecule has 0 saturated carbocycles. The van der Waals surface area contributed by atoms with Gasteiger partial charge in [-0.25, -0.2) is 4.79 Å². The Hall–Kier alpha value is -1.76. The highest BCUT2D eigenvalue weighted by atomic mass is 127. The van der Waals surface area contributed by atoms with E-state index in [4.69, 9.17) is 15.2 Å². The predicted octanol–water partition coefficient (Wildman–Crippen LogP) is 3.84. The molecule has 2 rings (SSSR count). The molecule has 2 aromatic rings. The Labute approximate surface area is 131 Å². The first kappa shape index (κ1) is 14.6. The molecule has 0 aliphatic rings. The van der Waals surface area contributed by atoms with E-state index in [0.29, 0.717) is 29.4 Å². The van der Waals surface area contributed by atoms with Crippen LogP contribution in [0.1, 0.15) is 17.3 Å². The summed E-state index contributed by atoms with van der Waals surface area (Å²) < 4.78 is 11.8. The minimum absolute atomic E-state index is 0.330. The highest BCUT2D eigenvalue weighted by Crippen LogP contribution is 2.29. The number of hydrogen-bond acceptors (Lipinski definition) is 4. The van der Waals surface area contributed by atoms with Crippen LogP contribution in [0, 0.1) is 3.57 Å². The summed E-state index contributed by atoms with van der Waals surface area (Å²) in [6.07, 6.45) is 0. The number of halogens is 1. The SMILES string of the molecule is CCOC(=O)c1ccc(N)c(Oc2ccc(I)cc2)c1. The number of hydrogen-bond donors (Lipinski definition) is 1. The number of esters is 1. The zero-order valence-corrected chi connectivity index (χ0v) is 13.1. The lowest BCUT2D eigenvalue weighted by Crippen LogP contribution is -2.05. The molecule has 0 spiro atoms. The Kier molecular flexibility index (Phi) is 4.84. The molecule has 0 aromatic heterocycles. The summed E-state index contributed by atoms with van der Waals surface area (Å²) in [5, 5.41) is 0. The highest BCUT2D eigenvalue weighted by molar-refractivity contribution is 14.1. The van der Waals surface area contributed by atoms with Gasteiger partial charge in [-0.05, 0) is 72.0 Å². The normalized spacial score (nSPS) is 10.1. The zero-order valence-electron chi connectivity index (χ0n) is 10.9. The minimum Gasteiger partial charge on any atom is -0.462 e. The van der Waals surface area contributed by atoms with E-state index >= 15 is 0 Å². The molecule has 4 nitrogen and oxygen atoms in total. The lowest BCUT2D eigenvalue weighted by Gasteiger charge is -2.10. The number of benzene rings is 2. The highest BCUT2D eigenvalue weighted by Gasteiger charge is 2.10. The molecule has 0 aliphatic carbocycles. The zero-order chi connectivity index (χ0) is 14.5. The standard InChI is InChI=1S/C15H14INO3/c1-2-19-15(18)10-3-8-13(17)14(9-10)20-12-6-4-11(16)5-7-12/h3-9H,2,17H2,1H3. The van der Waals surface area contributed by atoms with E-state index in [-0.39, 0.29) is 5.97 Å². The minimum atomic E-state index is -0.389. The Morgan fingerprint density at radius 2 is 1.90 bits per heavy atom. The fraction of sp³-hybridized carbons (Fsp3) is 0.133. The van der Waals surface area contributed by atoms with Gasteiger partial charge >= 0.3 is 5.97 Å². The van der Waals surface area contributed by atoms with Crippen molar-refractivity contribution < 1.29 is 14.3 Å². The van der Waals surface area contributed by atoms with E-state index in [0.717, 1.165) is 3.57 Å². The van der Waals surface area contributed by atoms with Crippen LogP contribution in [0.25, 0.3) is 0 Å². The summed E-state index contributed by atoms with van der Waals surface area (Å²) in [4.78, 5) is 11.7. The van der Waals surface area contributed by atoms with E-state index in [1.807, 2.05) is 24.3 Å². The first-order chi connectivity index (χ1) is 9.60. The predicted molar refractivity (Wildman–Crippen MR) is 86.0 cm³/mol. The second kappa shape index (κ2) is 6.60. The van der Waals surface area contributed by atoms with Crippen LogP contribution in [0.2, 0.25) is 0 Å². The van der Waals surface area contributed by atoms with Gasteiger partial charge in [-0.2, -0.15) is 0 Å². The van der Waals surface area contributed by atoms with Gasteiger partial charge in [-0.1, -0.05) is 0 Å². The van der Waals surface area contributed by atoms with Gasteiger partial charge in [0.25, 0.3) is 0 Å². The number of anilines is 1. The number of nitrogen functional groups attached to an aromatic ring is 1. The number of ether oxygens (including phenoxy) is 2. The maximum Gasteiger partial charge on any atom is 0.338 e. The molecule has 0 aliphatic heterocycles. The van der Waals surface area contributed by atoms with Crippen molar-refractivity contribution in [1.82, 2.24) is 0 Å². The monoisotopic (exact) mass is 383 g/mol. The molecule has 0 heterocycles. The van der Waals surface area contributed by atoms with Crippen molar-refractivity contribution in [3.05, 3.63) is 51.6 Å². The summed E-state index contributed by atoms with van der Waals surface area (Å²) in [5.74, 6) is 0.717. The number of carbonyl (C=O) groups is 1. The van der Waals surface area contributed by atoms with Crippen LogP contribution in [0.4, 0.5) is 5.69 Å². The molecular formula is C15H14INO3. The van der Waals surface area contributed by atoms with Gasteiger partial charge in [-0.3, -0.25) is 0 Å². The molecule has 0 amide bonds. The molecule has 20 heavy (non-hydrogen) atoms. The number of carbonyl (C=O) groups excluding carboxylic acids is 1. The van der Waals surface area contributed by atoms with Crippen molar-refractivity contribution in [3.63, 3.8) is 0 Å². The van der Waals surface area contributed by atoms with Gasteiger partial charge in [0.05, 0.1) is 17.9 Å². The summed E-state index contributed by atoms with van der Waals surface area (Å²) in [6, 6.07) is 12.4. The van der Waals surface area contributed by atoms with Crippen molar-refractivity contribution >= 4 is 34.2 Å². The molecule has 5 heteroatoms. The maximum absolute atomic E-state index is 11.7. The van der Waals surface area contributed by atoms with Crippen molar-refractivity contribution in [2.24, 2.45) is 0 Å². The maximum atomic E-state index is 11.7. The van der Waals surface area contributed by atoms with Crippen molar-refractivity contribution in [1.29, 1.82) is 0 Å². The van der Waals surface area contributed by atoms with E-state index in [2.05, 4.69) is 22.6 Å². The molecule has 0 fully saturated rings. The van der Waals surface area contributed by atoms with Gasteiger partial charge in [0.15, 0.2) is 5.75 Å². The third kappa shape index (κ3) is 3.63. The fourth-order valence-corrected chi connectivity index (χ4v) is 1.95. The second-order valence-corrected chi connectivity index (χ2v) is 5.27. The van der Waals surface area contributed by atoms with Crippen LogP contribution in [0.5, 0.6) is 11.5 Å². The van der Waals surface area contributed by atoms with Gasteiger partial charge in [0.1, 0.15) is 5.75 Å². The summed E-state index contributed by atoms with van der Waals surface area (Å²) in [5.41, 5.74) is 6.75. The van der Waals surface area contributed by atoms with Crippen LogP contribution < -0.4 is 10.5 Å². The molecule has 0 unspecified atom stereocenters. The summed E-state index contributed by atoms with van der Waals surface area (Å²) in [6.45, 7) is 2.09. The smallest absolute Gasteiger partial charge is 0.338 e. The summed E-state index contributed by atoms with van der Waals surface area (Å²) in [7, 11) is 0. The van der Waals surface area contributed by atoms with Crippen molar-refractivity contribution in [2.75, 3.05) is 12.3 Å². The molecule has 104 valence electrons. The van der Waals surface area contributed by atoms with Gasteiger partial charge in [0.2, 0.25) is 0 Å². The fourth-order valence-electron chi connectivity index (χ4n) is 1.59. The Balaban J connectivity index is 2.24. The van der Waals surface area contributed by atoms with Crippen molar-refractivity contribution in [2.45, 2.75) is 6.92 Å². The van der Waals surface area contributed by atoms with Gasteiger partial charge < -0.3 is 15.2 Å². The molecule has 0 radical (unpaired) electrons. The Morgan fingerprint density at radius 3 is 2.55 bits per heavy atom. The van der Waals surface area contributed by atoms with Crippen LogP contribution in [0.15, 0.2) is 42.5 Å². The van der Waals surface area contributed by atoms with E-state index in [1.165, 1.54) is 0 Å². The van der Waals surface area contributed by atoms with E-state index in [9.17, 15) is 4.79 Å². The summed E-state index contributed by atoms with van der Waals surface area (Å²) >= 11 is 2.22. The molecule has 0 bridgehead atoms. The third-order valence-electron chi connectivity index (χ3n) is 2.57. The Bertz CT molecular complexity index is 611. The van der Waals surface area contributed by atoms with Crippen LogP contribution >= 0.6 is 22.6 Å². The molecule has 2 N–H and O–H groups in total. The first-order valence-corrected chi connectivity index (χ1v) is 7.18. The average Bonchev–Trinajstić information content (AvgIpc) is 2.44. The topological polar surface area (TPSA) is 61.5 Å². The van der Waals surface area contributed by atoms with Gasteiger partial charge in [-0.15, -0.1) is 0 Å². The Morgan fingerprint density at radius 1 is 1.20 bits per heavy atom. The molecular weight excluding hydrogens is 369 g/mol. The number of rotatable bonds is 4. The van der Waals surface area contributed by atoms with Gasteiger partial charge in [0, 0.05) is 3.57 Å². The van der Waals surface area contributed by atoms with E-state index < -0.39 is 0 Å². The molecule has 0 atom stereocenters. The van der Waals surface area contributed by atoms with Crippen LogP contribution in [-0.4, -0.2) is 12.6 Å². The lowest BCUT2D eigenvalue weighted by molar-refractivity contribution is 0.0526. The van der Waals surface area contributed by atoms with E-state index in [1.54, 1.807) is 25.1 Å². The van der Waals surface area contributed by atoms with Crippen molar-refractivity contribution in [3.8, 4) is 11.5 Å². The van der Waals surface area contributed by atoms with Crippen LogP contribution in [0.3, 0.4) is 0 Å². The molecule has 2 aromatic carbocycles. The quantitative estimate of drug-likeness (QED) is 0.495. The lowest BCUT2D eigenvalue weighted by atomic mass is 10.2. The molecule has 0 saturated heterocycles. The first-order valence-electron chi connectivity index (χ1n) is 6.10.